The number of benzene rings is 2. The number of amides is 1. The number of rotatable bonds is 3. The van der Waals surface area contributed by atoms with Crippen LogP contribution < -0.4 is 10.7 Å². The van der Waals surface area contributed by atoms with E-state index in [0.717, 1.165) is 11.3 Å². The van der Waals surface area contributed by atoms with Crippen molar-refractivity contribution in [2.75, 3.05) is 5.32 Å². The molecule has 0 spiro atoms. The summed E-state index contributed by atoms with van der Waals surface area (Å²) in [4.78, 5) is 29.6. The number of aromatic nitrogens is 1. The van der Waals surface area contributed by atoms with Gasteiger partial charge in [0.15, 0.2) is 10.9 Å². The van der Waals surface area contributed by atoms with Crippen molar-refractivity contribution in [2.24, 2.45) is 0 Å². The zero-order valence-electron chi connectivity index (χ0n) is 14.3. The van der Waals surface area contributed by atoms with Gasteiger partial charge in [-0.15, -0.1) is 11.3 Å². The van der Waals surface area contributed by atoms with Gasteiger partial charge in [-0.1, -0.05) is 42.5 Å². The number of nitrogens with one attached hydrogen (secondary N) is 1. The minimum Gasteiger partial charge on any atom is -0.425 e. The average molecular weight is 388 g/mol. The Hall–Kier alpha value is -3.71. The predicted octanol–water partition coefficient (Wildman–Crippen LogP) is 4.92. The minimum atomic E-state index is -0.496. The van der Waals surface area contributed by atoms with Gasteiger partial charge in [0.1, 0.15) is 11.0 Å². The Morgan fingerprint density at radius 3 is 2.61 bits per heavy atom. The quantitative estimate of drug-likeness (QED) is 0.474. The van der Waals surface area contributed by atoms with Crippen LogP contribution in [0, 0.1) is 0 Å². The van der Waals surface area contributed by atoms with E-state index < -0.39 is 5.91 Å². The second kappa shape index (κ2) is 6.47. The molecule has 0 atom stereocenters. The molecule has 0 radical (unpaired) electrons. The van der Waals surface area contributed by atoms with Crippen LogP contribution in [0.1, 0.15) is 10.6 Å². The van der Waals surface area contributed by atoms with Crippen molar-refractivity contribution in [1.82, 2.24) is 4.98 Å². The number of fused-ring (bicyclic) bond motifs is 2. The van der Waals surface area contributed by atoms with Gasteiger partial charge in [0.25, 0.3) is 5.91 Å². The molecule has 0 aliphatic carbocycles. The third kappa shape index (κ3) is 2.78. The molecule has 28 heavy (non-hydrogen) atoms. The number of para-hydroxylation sites is 1. The molecular formula is C21H12N2O4S. The van der Waals surface area contributed by atoms with Crippen LogP contribution in [0.25, 0.3) is 33.4 Å². The summed E-state index contributed by atoms with van der Waals surface area (Å²) in [5.41, 5.74) is 1.91. The Morgan fingerprint density at radius 2 is 1.75 bits per heavy atom. The molecule has 1 amide bonds. The van der Waals surface area contributed by atoms with Crippen molar-refractivity contribution >= 4 is 44.5 Å². The molecule has 3 heterocycles. The predicted molar refractivity (Wildman–Crippen MR) is 108 cm³/mol. The van der Waals surface area contributed by atoms with Gasteiger partial charge < -0.3 is 8.83 Å². The molecule has 0 aliphatic heterocycles. The van der Waals surface area contributed by atoms with Crippen LogP contribution in [0.15, 0.2) is 79.7 Å². The van der Waals surface area contributed by atoms with Crippen LogP contribution in [-0.4, -0.2) is 10.9 Å². The average Bonchev–Trinajstić information content (AvgIpc) is 3.36. The molecule has 0 fully saturated rings. The Bertz CT molecular complexity index is 1380. The third-order valence-corrected chi connectivity index (χ3v) is 5.05. The summed E-state index contributed by atoms with van der Waals surface area (Å²) < 4.78 is 11.1. The van der Waals surface area contributed by atoms with Gasteiger partial charge in [-0.2, -0.15) is 0 Å². The molecule has 5 aromatic rings. The van der Waals surface area contributed by atoms with Crippen molar-refractivity contribution < 1.29 is 13.6 Å². The maximum Gasteiger partial charge on any atom is 0.302 e. The van der Waals surface area contributed by atoms with Crippen LogP contribution in [0.3, 0.4) is 0 Å². The lowest BCUT2D eigenvalue weighted by Gasteiger charge is -1.98. The molecular weight excluding hydrogens is 376 g/mol. The Balaban J connectivity index is 1.46. The largest absolute Gasteiger partial charge is 0.425 e. The van der Waals surface area contributed by atoms with E-state index in [9.17, 15) is 9.59 Å². The van der Waals surface area contributed by atoms with E-state index >= 15 is 0 Å². The number of thiazole rings is 1. The summed E-state index contributed by atoms with van der Waals surface area (Å²) in [6, 6.07) is 17.9. The van der Waals surface area contributed by atoms with E-state index in [-0.39, 0.29) is 22.4 Å². The van der Waals surface area contributed by atoms with E-state index in [2.05, 4.69) is 10.3 Å². The van der Waals surface area contributed by atoms with Crippen molar-refractivity contribution in [3.05, 3.63) is 82.0 Å². The normalized spacial score (nSPS) is 11.1. The first-order valence-corrected chi connectivity index (χ1v) is 9.35. The van der Waals surface area contributed by atoms with Crippen molar-refractivity contribution in [2.45, 2.75) is 0 Å². The summed E-state index contributed by atoms with van der Waals surface area (Å²) in [6.07, 6.45) is 0. The zero-order chi connectivity index (χ0) is 19.1. The van der Waals surface area contributed by atoms with Gasteiger partial charge in [-0.3, -0.25) is 14.9 Å². The number of furan rings is 1. The van der Waals surface area contributed by atoms with Crippen LogP contribution in [0.2, 0.25) is 0 Å². The Kier molecular flexibility index (Phi) is 3.80. The summed E-state index contributed by atoms with van der Waals surface area (Å²) in [5, 5.41) is 5.67. The monoisotopic (exact) mass is 388 g/mol. The number of hydrogen-bond acceptors (Lipinski definition) is 6. The third-order valence-electron chi connectivity index (χ3n) is 4.29. The van der Waals surface area contributed by atoms with E-state index in [1.54, 1.807) is 24.3 Å². The van der Waals surface area contributed by atoms with E-state index in [4.69, 9.17) is 8.83 Å². The number of hydrogen-bond donors (Lipinski definition) is 1. The minimum absolute atomic E-state index is 0.0115. The fourth-order valence-electron chi connectivity index (χ4n) is 2.94. The van der Waals surface area contributed by atoms with Crippen LogP contribution >= 0.6 is 11.3 Å². The number of carbonyl (C=O) groups is 1. The Labute approximate surface area is 162 Å². The molecule has 1 N–H and O–H groups in total. The lowest BCUT2D eigenvalue weighted by atomic mass is 10.2. The first-order chi connectivity index (χ1) is 13.7. The molecule has 2 aromatic carbocycles. The van der Waals surface area contributed by atoms with Crippen LogP contribution in [0.4, 0.5) is 5.13 Å². The second-order valence-electron chi connectivity index (χ2n) is 6.10. The van der Waals surface area contributed by atoms with Crippen molar-refractivity contribution in [3.8, 4) is 11.3 Å². The lowest BCUT2D eigenvalue weighted by Crippen LogP contribution is -2.10. The highest BCUT2D eigenvalue weighted by Crippen LogP contribution is 2.26. The molecule has 6 nitrogen and oxygen atoms in total. The molecule has 0 saturated carbocycles. The maximum absolute atomic E-state index is 12.6. The van der Waals surface area contributed by atoms with Gasteiger partial charge in [0.2, 0.25) is 5.43 Å². The topological polar surface area (TPSA) is 85.3 Å². The van der Waals surface area contributed by atoms with Gasteiger partial charge >= 0.3 is 5.78 Å². The van der Waals surface area contributed by atoms with Crippen molar-refractivity contribution in [1.29, 1.82) is 0 Å². The maximum atomic E-state index is 12.6. The molecule has 0 aliphatic rings. The second-order valence-corrected chi connectivity index (χ2v) is 6.96. The molecule has 3 aromatic heterocycles. The number of anilines is 1. The van der Waals surface area contributed by atoms with Crippen LogP contribution in [-0.2, 0) is 0 Å². The first-order valence-electron chi connectivity index (χ1n) is 8.47. The summed E-state index contributed by atoms with van der Waals surface area (Å²) >= 11 is 1.31. The van der Waals surface area contributed by atoms with E-state index in [1.807, 2.05) is 35.7 Å². The lowest BCUT2D eigenvalue weighted by molar-refractivity contribution is 0.0997. The molecule has 0 saturated heterocycles. The molecule has 136 valence electrons. The van der Waals surface area contributed by atoms with Gasteiger partial charge in [-0.25, -0.2) is 4.98 Å². The first kappa shape index (κ1) is 16.5. The van der Waals surface area contributed by atoms with Crippen molar-refractivity contribution in [3.63, 3.8) is 0 Å². The van der Waals surface area contributed by atoms with Gasteiger partial charge in [0, 0.05) is 17.0 Å². The van der Waals surface area contributed by atoms with Gasteiger partial charge in [0.05, 0.1) is 11.1 Å². The highest BCUT2D eigenvalue weighted by Gasteiger charge is 2.18. The standard InChI is InChI=1S/C21H12N2O4S/c24-18-13-8-4-5-9-16(13)26-20-14(18)10-17(27-20)19(25)23-21-22-15(11-28-21)12-6-2-1-3-7-12/h1-11H,(H,22,23,25). The molecule has 0 bridgehead atoms. The van der Waals surface area contributed by atoms with Gasteiger partial charge in [-0.05, 0) is 12.1 Å². The van der Waals surface area contributed by atoms with E-state index in [1.165, 1.54) is 17.4 Å². The molecule has 7 heteroatoms. The SMILES string of the molecule is O=C(Nc1nc(-c2ccccc2)cs1)c1cc2c(=O)c3ccccc3oc2o1. The summed E-state index contributed by atoms with van der Waals surface area (Å²) in [5.74, 6) is -0.482. The summed E-state index contributed by atoms with van der Waals surface area (Å²) in [6.45, 7) is 0. The number of carbonyl (C=O) groups excluding carboxylic acids is 1. The fourth-order valence-corrected chi connectivity index (χ4v) is 3.65. The highest BCUT2D eigenvalue weighted by atomic mass is 32.1. The fraction of sp³-hybridized carbons (Fsp3) is 0. The van der Waals surface area contributed by atoms with Crippen LogP contribution in [0.5, 0.6) is 0 Å². The summed E-state index contributed by atoms with van der Waals surface area (Å²) in [7, 11) is 0. The molecule has 0 unspecified atom stereocenters. The smallest absolute Gasteiger partial charge is 0.302 e. The Morgan fingerprint density at radius 1 is 0.964 bits per heavy atom. The van der Waals surface area contributed by atoms with E-state index in [0.29, 0.717) is 16.1 Å². The zero-order valence-corrected chi connectivity index (χ0v) is 15.2. The highest BCUT2D eigenvalue weighted by molar-refractivity contribution is 7.14. The molecule has 5 rings (SSSR count). The number of nitrogens with zero attached hydrogens (tertiary/aromatic N) is 1.